The van der Waals surface area contributed by atoms with Gasteiger partial charge in [-0.25, -0.2) is 0 Å². The Bertz CT molecular complexity index is 884. The van der Waals surface area contributed by atoms with Crippen molar-refractivity contribution in [3.63, 3.8) is 0 Å². The van der Waals surface area contributed by atoms with Gasteiger partial charge in [-0.15, -0.1) is 0 Å². The van der Waals surface area contributed by atoms with E-state index in [-0.39, 0.29) is 12.0 Å². The van der Waals surface area contributed by atoms with Crippen molar-refractivity contribution in [2.45, 2.75) is 33.3 Å². The van der Waals surface area contributed by atoms with Crippen molar-refractivity contribution in [1.82, 2.24) is 0 Å². The Labute approximate surface area is 169 Å². The van der Waals surface area contributed by atoms with E-state index in [9.17, 15) is 4.79 Å². The Hall–Kier alpha value is -2.60. The van der Waals surface area contributed by atoms with Crippen molar-refractivity contribution < 1.29 is 23.7 Å². The summed E-state index contributed by atoms with van der Waals surface area (Å²) < 4.78 is 22.3. The van der Waals surface area contributed by atoms with E-state index >= 15 is 0 Å². The lowest BCUT2D eigenvalue weighted by Crippen LogP contribution is -2.14. The molecule has 0 unspecified atom stereocenters. The summed E-state index contributed by atoms with van der Waals surface area (Å²) in [5, 5.41) is 3.20. The predicted octanol–water partition coefficient (Wildman–Crippen LogP) is 4.72. The largest absolute Gasteiger partial charge is 0.493 e. The van der Waals surface area contributed by atoms with Gasteiger partial charge in [0.2, 0.25) is 0 Å². The van der Waals surface area contributed by atoms with Gasteiger partial charge in [0.1, 0.15) is 17.6 Å². The molecule has 0 spiro atoms. The van der Waals surface area contributed by atoms with Crippen LogP contribution in [-0.2, 0) is 6.42 Å². The molecule has 0 fully saturated rings. The molecule has 7 heteroatoms. The van der Waals surface area contributed by atoms with Gasteiger partial charge in [0.25, 0.3) is 5.91 Å². The average molecular weight is 406 g/mol. The zero-order valence-electron chi connectivity index (χ0n) is 16.4. The molecule has 28 heavy (non-hydrogen) atoms. The van der Waals surface area contributed by atoms with Gasteiger partial charge >= 0.3 is 0 Å². The Balaban J connectivity index is 1.91. The molecule has 150 valence electrons. The summed E-state index contributed by atoms with van der Waals surface area (Å²) in [5.74, 6) is 1.84. The summed E-state index contributed by atoms with van der Waals surface area (Å²) in [7, 11) is 1.50. The molecule has 0 bridgehead atoms. The first-order chi connectivity index (χ1) is 13.5. The third kappa shape index (κ3) is 4.12. The molecule has 1 N–H and O–H groups in total. The highest BCUT2D eigenvalue weighted by Gasteiger charge is 2.23. The molecule has 1 heterocycles. The summed E-state index contributed by atoms with van der Waals surface area (Å²) in [6.07, 6.45) is 0.916. The van der Waals surface area contributed by atoms with Gasteiger partial charge in [0.05, 0.1) is 31.0 Å². The fraction of sp³-hybridized carbons (Fsp3) is 0.381. The van der Waals surface area contributed by atoms with E-state index in [1.165, 1.54) is 7.11 Å². The number of amides is 1. The Morgan fingerprint density at radius 3 is 2.61 bits per heavy atom. The number of methoxy groups -OCH3 is 1. The number of hydrogen-bond donors (Lipinski definition) is 1. The van der Waals surface area contributed by atoms with Gasteiger partial charge < -0.3 is 24.3 Å². The number of benzene rings is 2. The van der Waals surface area contributed by atoms with Crippen LogP contribution >= 0.6 is 11.6 Å². The van der Waals surface area contributed by atoms with E-state index in [2.05, 4.69) is 5.32 Å². The van der Waals surface area contributed by atoms with Gasteiger partial charge in [-0.05, 0) is 39.0 Å². The van der Waals surface area contributed by atoms with Crippen LogP contribution < -0.4 is 24.3 Å². The number of carbonyl (C=O) groups excluding carboxylic acids is 1. The maximum atomic E-state index is 12.9. The second-order valence-corrected chi connectivity index (χ2v) is 6.81. The zero-order valence-corrected chi connectivity index (χ0v) is 17.2. The van der Waals surface area contributed by atoms with Crippen LogP contribution in [0.4, 0.5) is 5.69 Å². The number of carbonyl (C=O) groups is 1. The van der Waals surface area contributed by atoms with E-state index in [1.807, 2.05) is 26.8 Å². The number of halogens is 1. The quantitative estimate of drug-likeness (QED) is 0.721. The minimum Gasteiger partial charge on any atom is -0.493 e. The highest BCUT2D eigenvalue weighted by atomic mass is 35.5. The molecule has 0 saturated heterocycles. The van der Waals surface area contributed by atoms with Crippen LogP contribution in [0, 0.1) is 0 Å². The van der Waals surface area contributed by atoms with Gasteiger partial charge in [0, 0.05) is 23.6 Å². The molecule has 0 saturated carbocycles. The van der Waals surface area contributed by atoms with E-state index in [1.54, 1.807) is 18.2 Å². The molecule has 2 aromatic rings. The van der Waals surface area contributed by atoms with Crippen LogP contribution in [0.1, 0.15) is 36.7 Å². The number of nitrogens with one attached hydrogen (secondary N) is 1. The smallest absolute Gasteiger partial charge is 0.255 e. The molecule has 0 aliphatic carbocycles. The SMILES string of the molecule is CCOc1cc2c(cc1NC(=O)c1cc(Cl)c(OCC)c(OC)c1)O[C@@H](C)C2. The second kappa shape index (κ2) is 8.61. The average Bonchev–Trinajstić information content (AvgIpc) is 3.02. The zero-order chi connectivity index (χ0) is 20.3. The number of anilines is 1. The van der Waals surface area contributed by atoms with E-state index in [0.29, 0.717) is 46.7 Å². The van der Waals surface area contributed by atoms with Crippen LogP contribution in [0.15, 0.2) is 24.3 Å². The molecule has 0 aromatic heterocycles. The van der Waals surface area contributed by atoms with Crippen LogP contribution in [-0.4, -0.2) is 32.3 Å². The lowest BCUT2D eigenvalue weighted by atomic mass is 10.1. The molecule has 3 rings (SSSR count). The Morgan fingerprint density at radius 2 is 1.93 bits per heavy atom. The van der Waals surface area contributed by atoms with Crippen LogP contribution in [0.5, 0.6) is 23.0 Å². The lowest BCUT2D eigenvalue weighted by Gasteiger charge is -2.15. The lowest BCUT2D eigenvalue weighted by molar-refractivity contribution is 0.102. The summed E-state index contributed by atoms with van der Waals surface area (Å²) in [6.45, 7) is 6.68. The van der Waals surface area contributed by atoms with Crippen molar-refractivity contribution in [2.75, 3.05) is 25.6 Å². The second-order valence-electron chi connectivity index (χ2n) is 6.40. The highest BCUT2D eigenvalue weighted by molar-refractivity contribution is 6.32. The first kappa shape index (κ1) is 20.1. The van der Waals surface area contributed by atoms with Crippen molar-refractivity contribution >= 4 is 23.2 Å². The maximum Gasteiger partial charge on any atom is 0.255 e. The first-order valence-corrected chi connectivity index (χ1v) is 9.62. The highest BCUT2D eigenvalue weighted by Crippen LogP contribution is 2.39. The molecular weight excluding hydrogens is 382 g/mol. The number of rotatable bonds is 7. The fourth-order valence-corrected chi connectivity index (χ4v) is 3.41. The summed E-state index contributed by atoms with van der Waals surface area (Å²) in [6, 6.07) is 6.87. The van der Waals surface area contributed by atoms with Gasteiger partial charge in [0.15, 0.2) is 11.5 Å². The minimum atomic E-state index is -0.338. The van der Waals surface area contributed by atoms with E-state index in [0.717, 1.165) is 17.7 Å². The monoisotopic (exact) mass is 405 g/mol. The first-order valence-electron chi connectivity index (χ1n) is 9.24. The fourth-order valence-electron chi connectivity index (χ4n) is 3.14. The molecule has 6 nitrogen and oxygen atoms in total. The molecule has 1 aliphatic rings. The normalized spacial score (nSPS) is 14.8. The molecule has 2 aromatic carbocycles. The standard InChI is InChI=1S/C21H24ClNO5/c1-5-26-18-9-13-7-12(3)28-17(13)11-16(18)23-21(24)14-8-15(22)20(27-6-2)19(10-14)25-4/h8-12H,5-7H2,1-4H3,(H,23,24)/t12-/m0/s1. The third-order valence-electron chi connectivity index (χ3n) is 4.33. The number of fused-ring (bicyclic) bond motifs is 1. The van der Waals surface area contributed by atoms with Crippen LogP contribution in [0.3, 0.4) is 0 Å². The molecule has 1 atom stereocenters. The minimum absolute atomic E-state index is 0.101. The molecule has 0 radical (unpaired) electrons. The maximum absolute atomic E-state index is 12.9. The Kier molecular flexibility index (Phi) is 6.19. The van der Waals surface area contributed by atoms with Gasteiger partial charge in [-0.2, -0.15) is 0 Å². The van der Waals surface area contributed by atoms with Crippen molar-refractivity contribution in [3.05, 3.63) is 40.4 Å². The van der Waals surface area contributed by atoms with Crippen molar-refractivity contribution in [3.8, 4) is 23.0 Å². The summed E-state index contributed by atoms with van der Waals surface area (Å²) in [5.41, 5.74) is 1.96. The van der Waals surface area contributed by atoms with E-state index in [4.69, 9.17) is 30.5 Å². The third-order valence-corrected chi connectivity index (χ3v) is 4.61. The Morgan fingerprint density at radius 1 is 1.18 bits per heavy atom. The van der Waals surface area contributed by atoms with Crippen molar-refractivity contribution in [1.29, 1.82) is 0 Å². The molecule has 1 amide bonds. The van der Waals surface area contributed by atoms with Crippen molar-refractivity contribution in [2.24, 2.45) is 0 Å². The summed E-state index contributed by atoms with van der Waals surface area (Å²) in [4.78, 5) is 12.9. The molecular formula is C21H24ClNO5. The number of hydrogen-bond acceptors (Lipinski definition) is 5. The van der Waals surface area contributed by atoms with Gasteiger partial charge in [-0.1, -0.05) is 11.6 Å². The van der Waals surface area contributed by atoms with Gasteiger partial charge in [-0.3, -0.25) is 4.79 Å². The van der Waals surface area contributed by atoms with E-state index < -0.39 is 0 Å². The summed E-state index contributed by atoms with van der Waals surface area (Å²) >= 11 is 6.28. The topological polar surface area (TPSA) is 66.0 Å². The molecule has 1 aliphatic heterocycles. The predicted molar refractivity (Wildman–Crippen MR) is 109 cm³/mol. The van der Waals surface area contributed by atoms with Crippen LogP contribution in [0.25, 0.3) is 0 Å². The number of ether oxygens (including phenoxy) is 4. The van der Waals surface area contributed by atoms with Crippen LogP contribution in [0.2, 0.25) is 5.02 Å².